The second-order valence-corrected chi connectivity index (χ2v) is 5.96. The molecule has 4 N–H and O–H groups in total. The topological polar surface area (TPSA) is 92.1 Å². The molecule has 1 amide bonds. The smallest absolute Gasteiger partial charge is 0.261 e. The molecule has 0 unspecified atom stereocenters. The van der Waals surface area contributed by atoms with Crippen LogP contribution in [0.1, 0.15) is 23.2 Å². The Kier molecular flexibility index (Phi) is 4.66. The van der Waals surface area contributed by atoms with Crippen LogP contribution in [0.15, 0.2) is 47.5 Å². The maximum atomic E-state index is 12.7. The SMILES string of the molecule is [C-]#[N+]c1ccc(O)c(C(=O)NC(N)=NCC2CC2)c1-c1ccccc1. The fourth-order valence-corrected chi connectivity index (χ4v) is 2.55. The van der Waals surface area contributed by atoms with Gasteiger partial charge in [0.15, 0.2) is 11.6 Å². The summed E-state index contributed by atoms with van der Waals surface area (Å²) in [4.78, 5) is 20.3. The van der Waals surface area contributed by atoms with Crippen molar-refractivity contribution in [3.05, 3.63) is 59.4 Å². The number of hydrogen-bond donors (Lipinski definition) is 3. The number of rotatable bonds is 4. The molecule has 0 heterocycles. The van der Waals surface area contributed by atoms with E-state index in [1.165, 1.54) is 12.1 Å². The minimum Gasteiger partial charge on any atom is -0.507 e. The Hall–Kier alpha value is -3.33. The number of amides is 1. The molecule has 6 nitrogen and oxygen atoms in total. The maximum absolute atomic E-state index is 12.7. The molecule has 1 aliphatic rings. The number of aromatic hydroxyl groups is 1. The number of phenols is 1. The van der Waals surface area contributed by atoms with Crippen molar-refractivity contribution in [1.82, 2.24) is 5.32 Å². The Balaban J connectivity index is 1.98. The van der Waals surface area contributed by atoms with Crippen molar-refractivity contribution in [2.75, 3.05) is 6.54 Å². The molecule has 25 heavy (non-hydrogen) atoms. The number of aliphatic imine (C=N–C) groups is 1. The van der Waals surface area contributed by atoms with Gasteiger partial charge in [-0.3, -0.25) is 15.1 Å². The van der Waals surface area contributed by atoms with E-state index in [1.807, 2.05) is 6.07 Å². The molecular weight excluding hydrogens is 316 g/mol. The Morgan fingerprint density at radius 2 is 2.00 bits per heavy atom. The molecule has 0 aromatic heterocycles. The summed E-state index contributed by atoms with van der Waals surface area (Å²) in [6.07, 6.45) is 2.27. The summed E-state index contributed by atoms with van der Waals surface area (Å²) in [7, 11) is 0. The van der Waals surface area contributed by atoms with Crippen molar-refractivity contribution >= 4 is 17.6 Å². The molecule has 0 aliphatic heterocycles. The van der Waals surface area contributed by atoms with Gasteiger partial charge < -0.3 is 10.8 Å². The Morgan fingerprint density at radius 3 is 2.64 bits per heavy atom. The van der Waals surface area contributed by atoms with Crippen LogP contribution in [0.25, 0.3) is 16.0 Å². The summed E-state index contributed by atoms with van der Waals surface area (Å²) in [5.74, 6) is -0.227. The number of carbonyl (C=O) groups is 1. The van der Waals surface area contributed by atoms with Gasteiger partial charge in [0.05, 0.1) is 12.1 Å². The zero-order valence-corrected chi connectivity index (χ0v) is 13.6. The lowest BCUT2D eigenvalue weighted by molar-refractivity contribution is 0.0974. The van der Waals surface area contributed by atoms with Gasteiger partial charge in [-0.15, -0.1) is 0 Å². The molecule has 1 aliphatic carbocycles. The van der Waals surface area contributed by atoms with Crippen molar-refractivity contribution in [2.24, 2.45) is 16.6 Å². The summed E-state index contributed by atoms with van der Waals surface area (Å²) in [6.45, 7) is 7.96. The summed E-state index contributed by atoms with van der Waals surface area (Å²) in [5, 5.41) is 12.7. The van der Waals surface area contributed by atoms with Crippen LogP contribution in [0.2, 0.25) is 0 Å². The third-order valence-electron chi connectivity index (χ3n) is 4.03. The van der Waals surface area contributed by atoms with E-state index in [9.17, 15) is 9.90 Å². The van der Waals surface area contributed by atoms with E-state index in [1.54, 1.807) is 24.3 Å². The molecule has 1 fully saturated rings. The fourth-order valence-electron chi connectivity index (χ4n) is 2.55. The lowest BCUT2D eigenvalue weighted by Gasteiger charge is -2.14. The van der Waals surface area contributed by atoms with Crippen LogP contribution >= 0.6 is 0 Å². The zero-order chi connectivity index (χ0) is 17.8. The quantitative estimate of drug-likeness (QED) is 0.456. The first-order valence-corrected chi connectivity index (χ1v) is 8.00. The lowest BCUT2D eigenvalue weighted by Crippen LogP contribution is -2.37. The first-order chi connectivity index (χ1) is 12.1. The second kappa shape index (κ2) is 7.05. The monoisotopic (exact) mass is 334 g/mol. The Labute approximate surface area is 145 Å². The van der Waals surface area contributed by atoms with Crippen LogP contribution in [0.4, 0.5) is 5.69 Å². The molecule has 126 valence electrons. The summed E-state index contributed by atoms with van der Waals surface area (Å²) >= 11 is 0. The normalized spacial score (nSPS) is 14.0. The number of carbonyl (C=O) groups excluding carboxylic acids is 1. The molecule has 6 heteroatoms. The van der Waals surface area contributed by atoms with Crippen molar-refractivity contribution in [3.8, 4) is 16.9 Å². The van der Waals surface area contributed by atoms with Crippen molar-refractivity contribution in [2.45, 2.75) is 12.8 Å². The highest BCUT2D eigenvalue weighted by Crippen LogP contribution is 2.38. The van der Waals surface area contributed by atoms with E-state index in [0.717, 1.165) is 12.8 Å². The van der Waals surface area contributed by atoms with Crippen LogP contribution in [-0.2, 0) is 0 Å². The maximum Gasteiger partial charge on any atom is 0.261 e. The molecule has 0 radical (unpaired) electrons. The van der Waals surface area contributed by atoms with Gasteiger partial charge in [0.2, 0.25) is 0 Å². The van der Waals surface area contributed by atoms with E-state index in [4.69, 9.17) is 12.3 Å². The van der Waals surface area contributed by atoms with Crippen LogP contribution in [0.5, 0.6) is 5.75 Å². The molecule has 2 aromatic carbocycles. The molecular formula is C19H18N4O2. The first-order valence-electron chi connectivity index (χ1n) is 8.00. The Bertz CT molecular complexity index is 865. The van der Waals surface area contributed by atoms with Crippen molar-refractivity contribution < 1.29 is 9.90 Å². The van der Waals surface area contributed by atoms with Gasteiger partial charge in [-0.2, -0.15) is 0 Å². The molecule has 1 saturated carbocycles. The summed E-state index contributed by atoms with van der Waals surface area (Å²) < 4.78 is 0. The number of nitrogens with zero attached hydrogens (tertiary/aromatic N) is 2. The third kappa shape index (κ3) is 3.78. The number of guanidine groups is 1. The predicted octanol–water partition coefficient (Wildman–Crippen LogP) is 3.06. The van der Waals surface area contributed by atoms with Gasteiger partial charge in [0.25, 0.3) is 5.91 Å². The van der Waals surface area contributed by atoms with Crippen molar-refractivity contribution in [1.29, 1.82) is 0 Å². The molecule has 0 saturated heterocycles. The number of nitrogens with two attached hydrogens (primary N) is 1. The minimum absolute atomic E-state index is 0.0172. The molecule has 0 spiro atoms. The van der Waals surface area contributed by atoms with Crippen molar-refractivity contribution in [3.63, 3.8) is 0 Å². The van der Waals surface area contributed by atoms with Gasteiger partial charge in [-0.05, 0) is 30.4 Å². The van der Waals surface area contributed by atoms with Gasteiger partial charge in [0.1, 0.15) is 5.75 Å². The van der Waals surface area contributed by atoms with Crippen LogP contribution in [0, 0.1) is 12.5 Å². The average molecular weight is 334 g/mol. The minimum atomic E-state index is -0.584. The van der Waals surface area contributed by atoms with E-state index in [0.29, 0.717) is 23.6 Å². The molecule has 2 aromatic rings. The van der Waals surface area contributed by atoms with Gasteiger partial charge in [-0.1, -0.05) is 36.4 Å². The number of phenolic OH excluding ortho intramolecular Hbond substituents is 1. The highest BCUT2D eigenvalue weighted by atomic mass is 16.3. The highest BCUT2D eigenvalue weighted by Gasteiger charge is 2.23. The molecule has 3 rings (SSSR count). The lowest BCUT2D eigenvalue weighted by atomic mass is 9.96. The van der Waals surface area contributed by atoms with E-state index < -0.39 is 5.91 Å². The van der Waals surface area contributed by atoms with E-state index >= 15 is 0 Å². The van der Waals surface area contributed by atoms with Gasteiger partial charge in [0, 0.05) is 12.1 Å². The standard InChI is InChI=1S/C19H18N4O2/c1-21-14-9-10-15(24)17(16(14)13-5-3-2-4-6-13)18(25)23-19(20)22-11-12-7-8-12/h2-6,9-10,12,24H,7-8,11H2,(H3,20,22,23,25). The van der Waals surface area contributed by atoms with E-state index in [-0.39, 0.29) is 23.0 Å². The number of nitrogens with one attached hydrogen (secondary N) is 1. The Morgan fingerprint density at radius 1 is 1.28 bits per heavy atom. The van der Waals surface area contributed by atoms with Gasteiger partial charge in [-0.25, -0.2) is 4.85 Å². The predicted molar refractivity (Wildman–Crippen MR) is 96.5 cm³/mol. The third-order valence-corrected chi connectivity index (χ3v) is 4.03. The fraction of sp³-hybridized carbons (Fsp3) is 0.211. The average Bonchev–Trinajstić information content (AvgIpc) is 3.44. The highest BCUT2D eigenvalue weighted by molar-refractivity contribution is 6.12. The molecule has 0 atom stereocenters. The number of hydrogen-bond acceptors (Lipinski definition) is 3. The van der Waals surface area contributed by atoms with Gasteiger partial charge >= 0.3 is 0 Å². The summed E-state index contributed by atoms with van der Waals surface area (Å²) in [5.41, 5.74) is 7.12. The van der Waals surface area contributed by atoms with Crippen LogP contribution in [-0.4, -0.2) is 23.5 Å². The number of benzene rings is 2. The largest absolute Gasteiger partial charge is 0.507 e. The van der Waals surface area contributed by atoms with E-state index in [2.05, 4.69) is 15.2 Å². The molecule has 0 bridgehead atoms. The second-order valence-electron chi connectivity index (χ2n) is 5.96. The first kappa shape index (κ1) is 16.5. The van der Waals surface area contributed by atoms with Crippen LogP contribution in [0.3, 0.4) is 0 Å². The van der Waals surface area contributed by atoms with Crippen LogP contribution < -0.4 is 11.1 Å². The summed E-state index contributed by atoms with van der Waals surface area (Å²) in [6, 6.07) is 11.8. The zero-order valence-electron chi connectivity index (χ0n) is 13.6.